The number of hydrogen-bond donors (Lipinski definition) is 5. The summed E-state index contributed by atoms with van der Waals surface area (Å²) in [5.74, 6) is -0.925. The van der Waals surface area contributed by atoms with Gasteiger partial charge in [-0.25, -0.2) is 0 Å². The lowest BCUT2D eigenvalue weighted by Crippen LogP contribution is -2.64. The second-order valence-electron chi connectivity index (χ2n) is 8.59. The van der Waals surface area contributed by atoms with Crippen LogP contribution in [0.1, 0.15) is 29.2 Å². The summed E-state index contributed by atoms with van der Waals surface area (Å²) in [5, 5.41) is 45.5. The molecule has 32 heavy (non-hydrogen) atoms. The molecule has 0 aliphatic carbocycles. The number of ether oxygens (including phenoxy) is 3. The third-order valence-electron chi connectivity index (χ3n) is 6.39. The van der Waals surface area contributed by atoms with Crippen molar-refractivity contribution >= 4 is 17.3 Å². The van der Waals surface area contributed by atoms with Crippen LogP contribution in [0.4, 0.5) is 5.69 Å². The Bertz CT molecular complexity index is 1030. The van der Waals surface area contributed by atoms with Crippen molar-refractivity contribution in [2.75, 3.05) is 18.5 Å². The molecule has 8 nitrogen and oxygen atoms in total. The van der Waals surface area contributed by atoms with Gasteiger partial charge < -0.3 is 40.0 Å². The van der Waals surface area contributed by atoms with Gasteiger partial charge in [0.2, 0.25) is 5.79 Å². The molecular weight excluding hydrogens is 438 g/mol. The summed E-state index contributed by atoms with van der Waals surface area (Å²) in [5.41, 5.74) is 3.96. The van der Waals surface area contributed by atoms with E-state index in [1.165, 1.54) is 6.92 Å². The zero-order chi connectivity index (χ0) is 22.6. The SMILES string of the molecule is C[C@@H](O)[C@H]1O[C@]2(OCc3cc(Cl)c(Cc4ccc5c(c4)OCCN5)cc32)[C@H](O)[C@@H](O)[C@@H]1O. The van der Waals surface area contributed by atoms with E-state index in [1.54, 1.807) is 12.1 Å². The van der Waals surface area contributed by atoms with E-state index in [4.69, 9.17) is 25.8 Å². The maximum atomic E-state index is 10.8. The molecule has 3 aliphatic rings. The number of aliphatic hydroxyl groups is 4. The first-order valence-electron chi connectivity index (χ1n) is 10.7. The molecule has 0 radical (unpaired) electrons. The van der Waals surface area contributed by atoms with E-state index >= 15 is 0 Å². The van der Waals surface area contributed by atoms with Gasteiger partial charge in [-0.1, -0.05) is 17.7 Å². The van der Waals surface area contributed by atoms with E-state index < -0.39 is 36.3 Å². The molecule has 3 aliphatic heterocycles. The minimum absolute atomic E-state index is 0.111. The van der Waals surface area contributed by atoms with Crippen molar-refractivity contribution in [3.63, 3.8) is 0 Å². The summed E-state index contributed by atoms with van der Waals surface area (Å²) in [6.07, 6.45) is -6.29. The number of rotatable bonds is 3. The minimum Gasteiger partial charge on any atom is -0.490 e. The van der Waals surface area contributed by atoms with Crippen LogP contribution in [0.15, 0.2) is 30.3 Å². The Morgan fingerprint density at radius 1 is 1.19 bits per heavy atom. The second-order valence-corrected chi connectivity index (χ2v) is 9.00. The average Bonchev–Trinajstić information content (AvgIpc) is 3.13. The number of hydrogen-bond acceptors (Lipinski definition) is 8. The monoisotopic (exact) mass is 463 g/mol. The molecule has 5 rings (SSSR count). The third kappa shape index (κ3) is 3.47. The Morgan fingerprint density at radius 2 is 2.00 bits per heavy atom. The average molecular weight is 464 g/mol. The number of benzene rings is 2. The highest BCUT2D eigenvalue weighted by molar-refractivity contribution is 6.31. The van der Waals surface area contributed by atoms with Crippen molar-refractivity contribution < 1.29 is 34.6 Å². The predicted octanol–water partition coefficient (Wildman–Crippen LogP) is 1.28. The van der Waals surface area contributed by atoms with Crippen LogP contribution in [0.3, 0.4) is 0 Å². The van der Waals surface area contributed by atoms with Crippen LogP contribution in [0, 0.1) is 0 Å². The van der Waals surface area contributed by atoms with Gasteiger partial charge in [-0.05, 0) is 54.3 Å². The summed E-state index contributed by atoms with van der Waals surface area (Å²) >= 11 is 6.56. The molecule has 0 unspecified atom stereocenters. The fourth-order valence-corrected chi connectivity index (χ4v) is 4.94. The Labute approximate surface area is 190 Å². The molecule has 2 aromatic carbocycles. The first-order valence-corrected chi connectivity index (χ1v) is 11.0. The normalized spacial score (nSPS) is 32.1. The third-order valence-corrected chi connectivity index (χ3v) is 6.74. The summed E-state index contributed by atoms with van der Waals surface area (Å²) < 4.78 is 17.5. The Kier molecular flexibility index (Phi) is 5.58. The zero-order valence-electron chi connectivity index (χ0n) is 17.5. The number of halogens is 1. The van der Waals surface area contributed by atoms with Crippen molar-refractivity contribution in [2.24, 2.45) is 0 Å². The van der Waals surface area contributed by atoms with Gasteiger partial charge in [0, 0.05) is 17.1 Å². The van der Waals surface area contributed by atoms with Gasteiger partial charge in [-0.3, -0.25) is 0 Å². The van der Waals surface area contributed by atoms with E-state index in [1.807, 2.05) is 18.2 Å². The summed E-state index contributed by atoms with van der Waals surface area (Å²) in [4.78, 5) is 0. The molecule has 2 aromatic rings. The van der Waals surface area contributed by atoms with E-state index in [0.29, 0.717) is 29.2 Å². The quantitative estimate of drug-likeness (QED) is 0.461. The Morgan fingerprint density at radius 3 is 2.78 bits per heavy atom. The molecule has 0 amide bonds. The van der Waals surface area contributed by atoms with E-state index in [9.17, 15) is 20.4 Å². The van der Waals surface area contributed by atoms with E-state index in [0.717, 1.165) is 29.1 Å². The van der Waals surface area contributed by atoms with Gasteiger partial charge in [0.25, 0.3) is 0 Å². The van der Waals surface area contributed by atoms with Crippen LogP contribution < -0.4 is 10.1 Å². The lowest BCUT2D eigenvalue weighted by Gasteiger charge is -2.47. The molecule has 0 saturated carbocycles. The highest BCUT2D eigenvalue weighted by Gasteiger charge is 2.59. The second kappa shape index (κ2) is 8.14. The van der Waals surface area contributed by atoms with Crippen molar-refractivity contribution in [3.8, 4) is 5.75 Å². The molecule has 6 atom stereocenters. The molecule has 1 fully saturated rings. The molecule has 0 bridgehead atoms. The molecule has 0 aromatic heterocycles. The van der Waals surface area contributed by atoms with Crippen LogP contribution in [-0.4, -0.2) is 64.1 Å². The largest absolute Gasteiger partial charge is 0.490 e. The maximum absolute atomic E-state index is 10.8. The fourth-order valence-electron chi connectivity index (χ4n) is 4.68. The molecular formula is C23H26ClNO7. The Balaban J connectivity index is 1.51. The van der Waals surface area contributed by atoms with E-state index in [-0.39, 0.29) is 6.61 Å². The lowest BCUT2D eigenvalue weighted by atomic mass is 9.85. The number of fused-ring (bicyclic) bond motifs is 3. The van der Waals surface area contributed by atoms with Gasteiger partial charge in [0.05, 0.1) is 18.4 Å². The van der Waals surface area contributed by atoms with Gasteiger partial charge in [0.15, 0.2) is 0 Å². The Hall–Kier alpha value is -1.91. The molecule has 9 heteroatoms. The first-order chi connectivity index (χ1) is 15.3. The van der Waals surface area contributed by atoms with Crippen LogP contribution >= 0.6 is 11.6 Å². The van der Waals surface area contributed by atoms with Crippen LogP contribution in [0.5, 0.6) is 5.75 Å². The van der Waals surface area contributed by atoms with Gasteiger partial charge >= 0.3 is 0 Å². The zero-order valence-corrected chi connectivity index (χ0v) is 18.2. The lowest BCUT2D eigenvalue weighted by molar-refractivity contribution is -0.374. The van der Waals surface area contributed by atoms with E-state index in [2.05, 4.69) is 5.32 Å². The summed E-state index contributed by atoms with van der Waals surface area (Å²) in [6, 6.07) is 9.49. The standard InChI is InChI=1S/C23H26ClNO7/c1-11(26)21-19(27)20(28)22(29)23(32-21)15-8-13(16(24)9-14(15)10-31-23)6-12-2-3-17-18(7-12)30-5-4-25-17/h2-3,7-9,11,19-22,25-29H,4-6,10H2,1H3/t11-,19+,20+,21-,22-,23+/m1/s1. The summed E-state index contributed by atoms with van der Waals surface area (Å²) in [6.45, 7) is 2.92. The minimum atomic E-state index is -1.71. The summed E-state index contributed by atoms with van der Waals surface area (Å²) in [7, 11) is 0. The van der Waals surface area contributed by atoms with Gasteiger partial charge in [-0.15, -0.1) is 0 Å². The molecule has 172 valence electrons. The van der Waals surface area contributed by atoms with Crippen LogP contribution in [0.2, 0.25) is 5.02 Å². The van der Waals surface area contributed by atoms with Crippen LogP contribution in [0.25, 0.3) is 0 Å². The van der Waals surface area contributed by atoms with Crippen molar-refractivity contribution in [3.05, 3.63) is 57.6 Å². The smallest absolute Gasteiger partial charge is 0.225 e. The predicted molar refractivity (Wildman–Crippen MR) is 116 cm³/mol. The van der Waals surface area contributed by atoms with Crippen molar-refractivity contribution in [1.82, 2.24) is 0 Å². The highest BCUT2D eigenvalue weighted by Crippen LogP contribution is 2.47. The molecule has 1 saturated heterocycles. The molecule has 1 spiro atoms. The van der Waals surface area contributed by atoms with Crippen molar-refractivity contribution in [2.45, 2.75) is 56.3 Å². The first kappa shape index (κ1) is 21.9. The van der Waals surface area contributed by atoms with Gasteiger partial charge in [0.1, 0.15) is 36.8 Å². The van der Waals surface area contributed by atoms with Crippen molar-refractivity contribution in [1.29, 1.82) is 0 Å². The molecule has 3 heterocycles. The highest BCUT2D eigenvalue weighted by atomic mass is 35.5. The maximum Gasteiger partial charge on any atom is 0.225 e. The fraction of sp³-hybridized carbons (Fsp3) is 0.478. The van der Waals surface area contributed by atoms with Gasteiger partial charge in [-0.2, -0.15) is 0 Å². The number of aliphatic hydroxyl groups excluding tert-OH is 4. The van der Waals surface area contributed by atoms with Crippen LogP contribution in [-0.2, 0) is 28.3 Å². The topological polar surface area (TPSA) is 121 Å². The number of anilines is 1. The number of nitrogens with one attached hydrogen (secondary N) is 1. The molecule has 5 N–H and O–H groups in total.